The highest BCUT2D eigenvalue weighted by Gasteiger charge is 2.20. The predicted molar refractivity (Wildman–Crippen MR) is 120 cm³/mol. The molecule has 0 saturated carbocycles. The third kappa shape index (κ3) is 5.46. The Morgan fingerprint density at radius 3 is 2.58 bits per heavy atom. The molecule has 2 aromatic carbocycles. The summed E-state index contributed by atoms with van der Waals surface area (Å²) in [5, 5.41) is 11.9. The van der Waals surface area contributed by atoms with E-state index in [0.717, 1.165) is 12.0 Å². The van der Waals surface area contributed by atoms with E-state index in [9.17, 15) is 14.9 Å². The SMILES string of the molecule is CCC(C)N(Cc1nc2ccccc2c(=O)[nH]1)Cc1cc([N+](=O)[O-])ccc1OC(C)C. The number of para-hydroxylation sites is 1. The van der Waals surface area contributed by atoms with Gasteiger partial charge in [-0.1, -0.05) is 19.1 Å². The van der Waals surface area contributed by atoms with Crippen LogP contribution in [0.5, 0.6) is 5.75 Å². The Kier molecular flexibility index (Phi) is 7.02. The molecule has 1 heterocycles. The smallest absolute Gasteiger partial charge is 0.270 e. The molecule has 1 aromatic heterocycles. The molecule has 0 spiro atoms. The van der Waals surface area contributed by atoms with E-state index in [4.69, 9.17) is 4.74 Å². The van der Waals surface area contributed by atoms with Crippen molar-refractivity contribution in [3.8, 4) is 5.75 Å². The second-order valence-electron chi connectivity index (χ2n) is 7.91. The number of hydrogen-bond acceptors (Lipinski definition) is 6. The van der Waals surface area contributed by atoms with E-state index in [1.54, 1.807) is 18.2 Å². The maximum atomic E-state index is 12.5. The molecule has 1 atom stereocenters. The number of benzene rings is 2. The summed E-state index contributed by atoms with van der Waals surface area (Å²) in [4.78, 5) is 33.0. The van der Waals surface area contributed by atoms with Crippen LogP contribution in [0.2, 0.25) is 0 Å². The second-order valence-corrected chi connectivity index (χ2v) is 7.91. The number of non-ortho nitro benzene ring substituents is 1. The van der Waals surface area contributed by atoms with Gasteiger partial charge in [-0.15, -0.1) is 0 Å². The van der Waals surface area contributed by atoms with E-state index in [2.05, 4.69) is 28.7 Å². The molecule has 1 unspecified atom stereocenters. The lowest BCUT2D eigenvalue weighted by atomic mass is 10.1. The normalized spacial score (nSPS) is 12.5. The third-order valence-electron chi connectivity index (χ3n) is 5.22. The zero-order valence-corrected chi connectivity index (χ0v) is 18.3. The Bertz CT molecular complexity index is 1130. The number of aromatic nitrogens is 2. The number of fused-ring (bicyclic) bond motifs is 1. The van der Waals surface area contributed by atoms with Crippen molar-refractivity contribution in [1.29, 1.82) is 0 Å². The van der Waals surface area contributed by atoms with Crippen molar-refractivity contribution in [2.24, 2.45) is 0 Å². The summed E-state index contributed by atoms with van der Waals surface area (Å²) in [6, 6.07) is 12.0. The number of nitro groups is 1. The Morgan fingerprint density at radius 2 is 1.90 bits per heavy atom. The van der Waals surface area contributed by atoms with E-state index in [1.807, 2.05) is 32.0 Å². The monoisotopic (exact) mass is 424 g/mol. The maximum Gasteiger partial charge on any atom is 0.270 e. The van der Waals surface area contributed by atoms with Gasteiger partial charge >= 0.3 is 0 Å². The molecule has 3 rings (SSSR count). The lowest BCUT2D eigenvalue weighted by molar-refractivity contribution is -0.385. The molecule has 1 N–H and O–H groups in total. The standard InChI is InChI=1S/C23H28N4O4/c1-5-16(4)26(14-22-24-20-9-7-6-8-19(20)23(28)25-22)13-17-12-18(27(29)30)10-11-21(17)31-15(2)3/h6-12,15-16H,5,13-14H2,1-4H3,(H,24,25,28). The number of ether oxygens (including phenoxy) is 1. The second kappa shape index (κ2) is 9.70. The van der Waals surface area contributed by atoms with Gasteiger partial charge in [0.1, 0.15) is 11.6 Å². The first kappa shape index (κ1) is 22.4. The fourth-order valence-electron chi connectivity index (χ4n) is 3.42. The van der Waals surface area contributed by atoms with Crippen LogP contribution in [-0.4, -0.2) is 31.9 Å². The van der Waals surface area contributed by atoms with E-state index in [-0.39, 0.29) is 23.4 Å². The number of hydrogen-bond donors (Lipinski definition) is 1. The molecule has 8 nitrogen and oxygen atoms in total. The first-order valence-electron chi connectivity index (χ1n) is 10.4. The van der Waals surface area contributed by atoms with Crippen molar-refractivity contribution in [2.45, 2.75) is 59.4 Å². The van der Waals surface area contributed by atoms with Crippen LogP contribution in [0.15, 0.2) is 47.3 Å². The fourth-order valence-corrected chi connectivity index (χ4v) is 3.42. The maximum absolute atomic E-state index is 12.5. The molecule has 164 valence electrons. The van der Waals surface area contributed by atoms with Crippen molar-refractivity contribution >= 4 is 16.6 Å². The molecule has 31 heavy (non-hydrogen) atoms. The topological polar surface area (TPSA) is 101 Å². The van der Waals surface area contributed by atoms with Crippen molar-refractivity contribution in [3.63, 3.8) is 0 Å². The summed E-state index contributed by atoms with van der Waals surface area (Å²) < 4.78 is 5.90. The Balaban J connectivity index is 1.96. The highest BCUT2D eigenvalue weighted by molar-refractivity contribution is 5.77. The average molecular weight is 425 g/mol. The van der Waals surface area contributed by atoms with Gasteiger partial charge in [0.25, 0.3) is 11.2 Å². The number of nitrogens with zero attached hydrogens (tertiary/aromatic N) is 3. The van der Waals surface area contributed by atoms with Gasteiger partial charge < -0.3 is 9.72 Å². The quantitative estimate of drug-likeness (QED) is 0.403. The molecule has 0 fully saturated rings. The highest BCUT2D eigenvalue weighted by atomic mass is 16.6. The zero-order valence-electron chi connectivity index (χ0n) is 18.3. The number of H-pyrrole nitrogens is 1. The van der Waals surface area contributed by atoms with Crippen LogP contribution in [0.25, 0.3) is 10.9 Å². The summed E-state index contributed by atoms with van der Waals surface area (Å²) >= 11 is 0. The fraction of sp³-hybridized carbons (Fsp3) is 0.391. The highest BCUT2D eigenvalue weighted by Crippen LogP contribution is 2.28. The third-order valence-corrected chi connectivity index (χ3v) is 5.22. The first-order chi connectivity index (χ1) is 14.8. The Labute approximate surface area is 181 Å². The van der Waals surface area contributed by atoms with Gasteiger partial charge in [-0.05, 0) is 45.4 Å². The number of nitro benzene ring substituents is 1. The molecule has 3 aromatic rings. The van der Waals surface area contributed by atoms with Crippen molar-refractivity contribution in [1.82, 2.24) is 14.9 Å². The van der Waals surface area contributed by atoms with Crippen LogP contribution in [0.1, 0.15) is 45.5 Å². The lowest BCUT2D eigenvalue weighted by Gasteiger charge is -2.29. The Morgan fingerprint density at radius 1 is 1.16 bits per heavy atom. The summed E-state index contributed by atoms with van der Waals surface area (Å²) in [6.07, 6.45) is 0.809. The van der Waals surface area contributed by atoms with Crippen LogP contribution < -0.4 is 10.3 Å². The molecule has 0 aliphatic rings. The van der Waals surface area contributed by atoms with Gasteiger partial charge in [-0.2, -0.15) is 0 Å². The number of rotatable bonds is 9. The minimum Gasteiger partial charge on any atom is -0.491 e. The van der Waals surface area contributed by atoms with Gasteiger partial charge in [0.2, 0.25) is 0 Å². The zero-order chi connectivity index (χ0) is 22.5. The largest absolute Gasteiger partial charge is 0.491 e. The van der Waals surface area contributed by atoms with Crippen LogP contribution in [0.3, 0.4) is 0 Å². The molecule has 0 bridgehead atoms. The van der Waals surface area contributed by atoms with Gasteiger partial charge in [0.15, 0.2) is 0 Å². The molecule has 0 aliphatic heterocycles. The molecule has 0 saturated heterocycles. The van der Waals surface area contributed by atoms with E-state index in [1.165, 1.54) is 6.07 Å². The minimum absolute atomic E-state index is 0.0208. The lowest BCUT2D eigenvalue weighted by Crippen LogP contribution is -2.33. The van der Waals surface area contributed by atoms with Crippen molar-refractivity contribution in [2.75, 3.05) is 0 Å². The van der Waals surface area contributed by atoms with Crippen molar-refractivity contribution in [3.05, 3.63) is 74.3 Å². The van der Waals surface area contributed by atoms with Gasteiger partial charge in [-0.25, -0.2) is 4.98 Å². The molecule has 0 radical (unpaired) electrons. The van der Waals surface area contributed by atoms with E-state index in [0.29, 0.717) is 35.6 Å². The molecular formula is C23H28N4O4. The van der Waals surface area contributed by atoms with E-state index < -0.39 is 4.92 Å². The predicted octanol–water partition coefficient (Wildman–Crippen LogP) is 4.42. The molecule has 8 heteroatoms. The first-order valence-corrected chi connectivity index (χ1v) is 10.4. The van der Waals surface area contributed by atoms with Crippen LogP contribution >= 0.6 is 0 Å². The van der Waals surface area contributed by atoms with Gasteiger partial charge in [0.05, 0.1) is 28.5 Å². The summed E-state index contributed by atoms with van der Waals surface area (Å²) in [5.41, 5.74) is 1.21. The van der Waals surface area contributed by atoms with Crippen LogP contribution in [0.4, 0.5) is 5.69 Å². The van der Waals surface area contributed by atoms with Gasteiger partial charge in [0, 0.05) is 30.3 Å². The van der Waals surface area contributed by atoms with Gasteiger partial charge in [-0.3, -0.25) is 19.8 Å². The summed E-state index contributed by atoms with van der Waals surface area (Å²) in [6.45, 7) is 8.82. The van der Waals surface area contributed by atoms with Crippen molar-refractivity contribution < 1.29 is 9.66 Å². The van der Waals surface area contributed by atoms with E-state index >= 15 is 0 Å². The number of nitrogens with one attached hydrogen (secondary N) is 1. The molecule has 0 aliphatic carbocycles. The van der Waals surface area contributed by atoms with Crippen LogP contribution in [0, 0.1) is 10.1 Å². The Hall–Kier alpha value is -3.26. The summed E-state index contributed by atoms with van der Waals surface area (Å²) in [5.74, 6) is 1.18. The molecule has 0 amide bonds. The summed E-state index contributed by atoms with van der Waals surface area (Å²) in [7, 11) is 0. The average Bonchev–Trinajstić information content (AvgIpc) is 2.73. The minimum atomic E-state index is -0.404. The number of aromatic amines is 1. The van der Waals surface area contributed by atoms with Crippen LogP contribution in [-0.2, 0) is 13.1 Å². The molecular weight excluding hydrogens is 396 g/mol.